The number of rotatable bonds is 2. The molecule has 0 spiro atoms. The zero-order valence-electron chi connectivity index (χ0n) is 11.1. The lowest BCUT2D eigenvalue weighted by Gasteiger charge is -2.20. The molecule has 0 fully saturated rings. The summed E-state index contributed by atoms with van der Waals surface area (Å²) in [5, 5.41) is 2.72. The van der Waals surface area contributed by atoms with Gasteiger partial charge < -0.3 is 10.5 Å². The first-order valence-electron chi connectivity index (χ1n) is 5.72. The molecular weight excluding hydrogens is 343 g/mol. The molecule has 0 heterocycles. The Balaban J connectivity index is 2.86. The molecule has 4 nitrogen and oxygen atoms in total. The van der Waals surface area contributed by atoms with Crippen LogP contribution in [0.15, 0.2) is 12.1 Å². The number of nitrogens with one attached hydrogen (secondary N) is 1. The number of benzene rings is 1. The third-order valence-corrected chi connectivity index (χ3v) is 3.44. The third kappa shape index (κ3) is 4.45. The van der Waals surface area contributed by atoms with Crippen LogP contribution in [0.1, 0.15) is 31.9 Å². The van der Waals surface area contributed by atoms with Crippen molar-refractivity contribution in [1.29, 1.82) is 0 Å². The number of carbonyl (C=O) groups excluding carboxylic acids is 1. The quantitative estimate of drug-likeness (QED) is 0.793. The van der Waals surface area contributed by atoms with Crippen molar-refractivity contribution in [2.75, 3.05) is 5.32 Å². The highest BCUT2D eigenvalue weighted by Gasteiger charge is 2.16. The zero-order chi connectivity index (χ0) is 13.9. The van der Waals surface area contributed by atoms with E-state index in [9.17, 15) is 4.79 Å². The second-order valence-corrected chi connectivity index (χ2v) is 6.24. The lowest BCUT2D eigenvalue weighted by atomic mass is 10.1. The van der Waals surface area contributed by atoms with Crippen LogP contribution in [0.5, 0.6) is 0 Å². The third-order valence-electron chi connectivity index (χ3n) is 2.32. The molecular formula is C13H19IN2O2. The number of amides is 1. The fraction of sp³-hybridized carbons (Fsp3) is 0.462. The molecule has 3 N–H and O–H groups in total. The predicted octanol–water partition coefficient (Wildman–Crippen LogP) is 3.41. The Hall–Kier alpha value is -0.820. The maximum absolute atomic E-state index is 11.7. The monoisotopic (exact) mass is 362 g/mol. The van der Waals surface area contributed by atoms with Gasteiger partial charge in [0.25, 0.3) is 0 Å². The van der Waals surface area contributed by atoms with E-state index in [0.29, 0.717) is 12.2 Å². The van der Waals surface area contributed by atoms with Crippen LogP contribution in [0.4, 0.5) is 10.5 Å². The Labute approximate surface area is 121 Å². The average Bonchev–Trinajstić information content (AvgIpc) is 2.20. The lowest BCUT2D eigenvalue weighted by Crippen LogP contribution is -2.27. The van der Waals surface area contributed by atoms with Crippen LogP contribution >= 0.6 is 22.6 Å². The van der Waals surface area contributed by atoms with Crippen LogP contribution in [-0.2, 0) is 11.3 Å². The first-order valence-corrected chi connectivity index (χ1v) is 6.80. The fourth-order valence-electron chi connectivity index (χ4n) is 1.44. The molecule has 5 heteroatoms. The topological polar surface area (TPSA) is 64.3 Å². The van der Waals surface area contributed by atoms with E-state index in [0.717, 1.165) is 14.7 Å². The van der Waals surface area contributed by atoms with E-state index in [1.165, 1.54) is 0 Å². The van der Waals surface area contributed by atoms with Crippen LogP contribution in [0.2, 0.25) is 0 Å². The highest BCUT2D eigenvalue weighted by atomic mass is 127. The van der Waals surface area contributed by atoms with E-state index in [1.807, 2.05) is 39.8 Å². The number of carbonyl (C=O) groups is 1. The van der Waals surface area contributed by atoms with E-state index in [-0.39, 0.29) is 0 Å². The first-order chi connectivity index (χ1) is 8.23. The molecule has 0 aliphatic heterocycles. The fourth-order valence-corrected chi connectivity index (χ4v) is 2.12. The molecule has 0 aromatic heterocycles. The molecule has 1 rings (SSSR count). The molecule has 0 aliphatic rings. The van der Waals surface area contributed by atoms with E-state index in [2.05, 4.69) is 27.9 Å². The van der Waals surface area contributed by atoms with Crippen LogP contribution < -0.4 is 11.1 Å². The number of hydrogen-bond donors (Lipinski definition) is 2. The van der Waals surface area contributed by atoms with Gasteiger partial charge in [-0.1, -0.05) is 0 Å². The summed E-state index contributed by atoms with van der Waals surface area (Å²) in [5.41, 5.74) is 8.05. The summed E-state index contributed by atoms with van der Waals surface area (Å²) < 4.78 is 6.27. The number of halogens is 1. The van der Waals surface area contributed by atoms with Crippen molar-refractivity contribution in [2.45, 2.75) is 39.8 Å². The second kappa shape index (κ2) is 5.88. The molecule has 1 aromatic carbocycles. The highest BCUT2D eigenvalue weighted by molar-refractivity contribution is 14.1. The van der Waals surface area contributed by atoms with E-state index < -0.39 is 11.7 Å². The van der Waals surface area contributed by atoms with E-state index in [1.54, 1.807) is 0 Å². The SMILES string of the molecule is Cc1c(I)cc(NC(=O)OC(C)(C)C)cc1CN. The highest BCUT2D eigenvalue weighted by Crippen LogP contribution is 2.22. The molecule has 0 atom stereocenters. The molecule has 1 amide bonds. The normalized spacial score (nSPS) is 11.2. The molecule has 18 heavy (non-hydrogen) atoms. The average molecular weight is 362 g/mol. The first kappa shape index (κ1) is 15.2. The van der Waals surface area contributed by atoms with Gasteiger partial charge >= 0.3 is 6.09 Å². The van der Waals surface area contributed by atoms with E-state index in [4.69, 9.17) is 10.5 Å². The molecule has 0 saturated carbocycles. The van der Waals surface area contributed by atoms with E-state index >= 15 is 0 Å². The van der Waals surface area contributed by atoms with Crippen molar-refractivity contribution in [1.82, 2.24) is 0 Å². The largest absolute Gasteiger partial charge is 0.444 e. The van der Waals surface area contributed by atoms with Gasteiger partial charge in [-0.15, -0.1) is 0 Å². The van der Waals surface area contributed by atoms with Crippen molar-refractivity contribution in [3.8, 4) is 0 Å². The minimum Gasteiger partial charge on any atom is -0.444 e. The summed E-state index contributed by atoms with van der Waals surface area (Å²) in [5.74, 6) is 0. The Kier molecular flexibility index (Phi) is 4.98. The molecule has 0 unspecified atom stereocenters. The number of anilines is 1. The number of ether oxygens (including phenoxy) is 1. The smallest absolute Gasteiger partial charge is 0.412 e. The maximum Gasteiger partial charge on any atom is 0.412 e. The Morgan fingerprint density at radius 2 is 2.06 bits per heavy atom. The molecule has 100 valence electrons. The van der Waals surface area contributed by atoms with Crippen LogP contribution in [-0.4, -0.2) is 11.7 Å². The Morgan fingerprint density at radius 1 is 1.44 bits per heavy atom. The van der Waals surface area contributed by atoms with Crippen molar-refractivity contribution >= 4 is 34.4 Å². The van der Waals surface area contributed by atoms with Crippen molar-refractivity contribution in [2.24, 2.45) is 5.73 Å². The summed E-state index contributed by atoms with van der Waals surface area (Å²) in [6, 6.07) is 3.78. The van der Waals surface area contributed by atoms with Gasteiger partial charge in [-0.25, -0.2) is 4.79 Å². The lowest BCUT2D eigenvalue weighted by molar-refractivity contribution is 0.0636. The number of nitrogens with two attached hydrogens (primary N) is 1. The minimum atomic E-state index is -0.501. The van der Waals surface area contributed by atoms with Gasteiger partial charge in [0, 0.05) is 15.8 Å². The van der Waals surface area contributed by atoms with Gasteiger partial charge in [0.05, 0.1) is 0 Å². The van der Waals surface area contributed by atoms with Gasteiger partial charge in [-0.05, 0) is 73.5 Å². The van der Waals surface area contributed by atoms with Gasteiger partial charge in [0.2, 0.25) is 0 Å². The molecule has 0 bridgehead atoms. The standard InChI is InChI=1S/C13H19IN2O2/c1-8-9(7-15)5-10(6-11(8)14)16-12(17)18-13(2,3)4/h5-6H,7,15H2,1-4H3,(H,16,17). The summed E-state index contributed by atoms with van der Waals surface area (Å²) >= 11 is 2.23. The van der Waals surface area contributed by atoms with Gasteiger partial charge in [0.15, 0.2) is 0 Å². The molecule has 1 aromatic rings. The zero-order valence-corrected chi connectivity index (χ0v) is 13.3. The second-order valence-electron chi connectivity index (χ2n) is 5.07. The summed E-state index contributed by atoms with van der Waals surface area (Å²) in [4.78, 5) is 11.7. The van der Waals surface area contributed by atoms with Crippen molar-refractivity contribution < 1.29 is 9.53 Å². The van der Waals surface area contributed by atoms with Crippen LogP contribution in [0.3, 0.4) is 0 Å². The maximum atomic E-state index is 11.7. The predicted molar refractivity (Wildman–Crippen MR) is 81.6 cm³/mol. The summed E-state index contributed by atoms with van der Waals surface area (Å²) in [6.07, 6.45) is -0.454. The van der Waals surface area contributed by atoms with Gasteiger partial charge in [0.1, 0.15) is 5.60 Å². The van der Waals surface area contributed by atoms with Gasteiger partial charge in [-0.2, -0.15) is 0 Å². The summed E-state index contributed by atoms with van der Waals surface area (Å²) in [7, 11) is 0. The molecule has 0 aliphatic carbocycles. The molecule has 0 radical (unpaired) electrons. The summed E-state index contributed by atoms with van der Waals surface area (Å²) in [6.45, 7) is 7.96. The van der Waals surface area contributed by atoms with Gasteiger partial charge in [-0.3, -0.25) is 5.32 Å². The van der Waals surface area contributed by atoms with Crippen molar-refractivity contribution in [3.05, 3.63) is 26.8 Å². The van der Waals surface area contributed by atoms with Crippen LogP contribution in [0, 0.1) is 10.5 Å². The minimum absolute atomic E-state index is 0.450. The Bertz CT molecular complexity index is 453. The molecule has 0 saturated heterocycles. The Morgan fingerprint density at radius 3 is 2.56 bits per heavy atom. The number of hydrogen-bond acceptors (Lipinski definition) is 3. The van der Waals surface area contributed by atoms with Crippen molar-refractivity contribution in [3.63, 3.8) is 0 Å². The van der Waals surface area contributed by atoms with Crippen LogP contribution in [0.25, 0.3) is 0 Å².